The van der Waals surface area contributed by atoms with Gasteiger partial charge in [-0.3, -0.25) is 4.79 Å². The molecule has 0 saturated carbocycles. The number of amides is 1. The van der Waals surface area contributed by atoms with Crippen molar-refractivity contribution in [2.24, 2.45) is 0 Å². The minimum absolute atomic E-state index is 0.0312. The van der Waals surface area contributed by atoms with Gasteiger partial charge in [-0.05, 0) is 18.6 Å². The van der Waals surface area contributed by atoms with Gasteiger partial charge in [0, 0.05) is 62.4 Å². The topological polar surface area (TPSA) is 83.9 Å². The third-order valence-electron chi connectivity index (χ3n) is 4.86. The molecular formula is C21H27N4O3S+. The monoisotopic (exact) mass is 415 g/mol. The third-order valence-corrected chi connectivity index (χ3v) is 5.96. The van der Waals surface area contributed by atoms with Gasteiger partial charge in [-0.1, -0.05) is 29.8 Å². The molecule has 1 aliphatic rings. The molecule has 0 bridgehead atoms. The van der Waals surface area contributed by atoms with E-state index in [2.05, 4.69) is 14.6 Å². The van der Waals surface area contributed by atoms with Gasteiger partial charge in [0.1, 0.15) is 0 Å². The zero-order chi connectivity index (χ0) is 20.7. The van der Waals surface area contributed by atoms with Crippen LogP contribution < -0.4 is 14.6 Å². The zero-order valence-corrected chi connectivity index (χ0v) is 17.4. The summed E-state index contributed by atoms with van der Waals surface area (Å²) in [5.74, 6) is -0.0312. The number of nitrogens with zero attached hydrogens (tertiary/aromatic N) is 2. The highest BCUT2D eigenvalue weighted by atomic mass is 32.2. The number of aromatic amines is 1. The number of H-pyrrole nitrogens is 1. The molecule has 1 saturated heterocycles. The van der Waals surface area contributed by atoms with E-state index in [1.807, 2.05) is 55.7 Å². The second-order valence-electron chi connectivity index (χ2n) is 7.03. The summed E-state index contributed by atoms with van der Waals surface area (Å²) in [6, 6.07) is 11.6. The minimum Gasteiger partial charge on any atom is -0.368 e. The average molecular weight is 416 g/mol. The van der Waals surface area contributed by atoms with Crippen LogP contribution in [0.1, 0.15) is 17.5 Å². The summed E-state index contributed by atoms with van der Waals surface area (Å²) in [5.41, 5.74) is 3.06. The van der Waals surface area contributed by atoms with Gasteiger partial charge in [0.2, 0.25) is 15.9 Å². The maximum absolute atomic E-state index is 12.4. The second kappa shape index (κ2) is 9.67. The largest absolute Gasteiger partial charge is 0.368 e. The van der Waals surface area contributed by atoms with Crippen molar-refractivity contribution in [1.82, 2.24) is 9.62 Å². The molecule has 2 N–H and O–H groups in total. The molecule has 0 spiro atoms. The molecular weight excluding hydrogens is 388 g/mol. The van der Waals surface area contributed by atoms with Crippen LogP contribution in [0, 0.1) is 6.92 Å². The van der Waals surface area contributed by atoms with Gasteiger partial charge in [-0.15, -0.1) is 0 Å². The molecule has 1 aromatic carbocycles. The molecule has 0 unspecified atom stereocenters. The van der Waals surface area contributed by atoms with E-state index >= 15 is 0 Å². The van der Waals surface area contributed by atoms with Crippen LogP contribution in [0.2, 0.25) is 0 Å². The Hall–Kier alpha value is -2.71. The summed E-state index contributed by atoms with van der Waals surface area (Å²) in [5, 5.41) is 1.14. The Morgan fingerprint density at radius 2 is 1.72 bits per heavy atom. The fourth-order valence-corrected chi connectivity index (χ4v) is 3.97. The number of anilines is 1. The molecule has 1 fully saturated rings. The van der Waals surface area contributed by atoms with Gasteiger partial charge >= 0.3 is 0 Å². The summed E-state index contributed by atoms with van der Waals surface area (Å²) in [6.45, 7) is 4.87. The van der Waals surface area contributed by atoms with E-state index in [0.717, 1.165) is 35.3 Å². The van der Waals surface area contributed by atoms with Crippen molar-refractivity contribution in [2.45, 2.75) is 13.3 Å². The smallest absolute Gasteiger partial charge is 0.233 e. The normalized spacial score (nSPS) is 15.1. The number of piperazine rings is 1. The van der Waals surface area contributed by atoms with Gasteiger partial charge in [-0.25, -0.2) is 18.1 Å². The Labute approximate surface area is 172 Å². The number of aromatic nitrogens is 1. The van der Waals surface area contributed by atoms with E-state index in [1.165, 1.54) is 0 Å². The first-order chi connectivity index (χ1) is 13.9. The molecule has 0 aliphatic carbocycles. The fourth-order valence-electron chi connectivity index (χ4n) is 3.16. The van der Waals surface area contributed by atoms with Crippen LogP contribution in [0.4, 0.5) is 5.69 Å². The van der Waals surface area contributed by atoms with Crippen LogP contribution in [0.3, 0.4) is 0 Å². The van der Waals surface area contributed by atoms with Crippen molar-refractivity contribution in [3.05, 3.63) is 65.3 Å². The lowest BCUT2D eigenvalue weighted by Crippen LogP contribution is -2.49. The number of pyridine rings is 1. The van der Waals surface area contributed by atoms with Gasteiger partial charge in [0.15, 0.2) is 12.4 Å². The number of rotatable bonds is 7. The number of sulfonamides is 1. The van der Waals surface area contributed by atoms with Crippen LogP contribution in [0.15, 0.2) is 54.2 Å². The highest BCUT2D eigenvalue weighted by Crippen LogP contribution is 2.14. The molecule has 29 heavy (non-hydrogen) atoms. The Kier molecular flexibility index (Phi) is 7.00. The van der Waals surface area contributed by atoms with Crippen LogP contribution >= 0.6 is 0 Å². The zero-order valence-electron chi connectivity index (χ0n) is 16.5. The Balaban J connectivity index is 1.42. The maximum atomic E-state index is 12.4. The van der Waals surface area contributed by atoms with Gasteiger partial charge in [0.25, 0.3) is 0 Å². The molecule has 2 aromatic rings. The quantitative estimate of drug-likeness (QED) is 0.742. The predicted octanol–water partition coefficient (Wildman–Crippen LogP) is 1.44. The van der Waals surface area contributed by atoms with Crippen molar-refractivity contribution >= 4 is 27.7 Å². The van der Waals surface area contributed by atoms with Crippen LogP contribution in [0.25, 0.3) is 6.08 Å². The summed E-state index contributed by atoms with van der Waals surface area (Å²) in [4.78, 5) is 19.4. The Bertz CT molecular complexity index is 936. The molecule has 8 heteroatoms. The van der Waals surface area contributed by atoms with E-state index < -0.39 is 10.0 Å². The summed E-state index contributed by atoms with van der Waals surface area (Å²) in [7, 11) is -3.57. The lowest BCUT2D eigenvalue weighted by molar-refractivity contribution is -0.377. The Morgan fingerprint density at radius 3 is 2.38 bits per heavy atom. The summed E-state index contributed by atoms with van der Waals surface area (Å²) >= 11 is 0. The molecule has 0 radical (unpaired) electrons. The molecule has 0 atom stereocenters. The number of carbonyl (C=O) groups is 1. The van der Waals surface area contributed by atoms with Gasteiger partial charge < -0.3 is 9.80 Å². The van der Waals surface area contributed by atoms with Crippen LogP contribution in [-0.4, -0.2) is 51.9 Å². The van der Waals surface area contributed by atoms with Crippen molar-refractivity contribution in [3.8, 4) is 0 Å². The maximum Gasteiger partial charge on any atom is 0.233 e. The minimum atomic E-state index is -3.57. The Morgan fingerprint density at radius 1 is 1.07 bits per heavy atom. The van der Waals surface area contributed by atoms with Gasteiger partial charge in [-0.2, -0.15) is 0 Å². The van der Waals surface area contributed by atoms with Gasteiger partial charge in [0.05, 0.1) is 0 Å². The number of hydrogen-bond acceptors (Lipinski definition) is 4. The SMILES string of the molecule is Cc1ccc(/C=C/S(=O)(=O)NCCC(=O)N2CCN(c3cc[nH+]cc3)CC2)cc1. The number of carbonyl (C=O) groups excluding carboxylic acids is 1. The highest BCUT2D eigenvalue weighted by molar-refractivity contribution is 7.92. The third kappa shape index (κ3) is 6.40. The van der Waals surface area contributed by atoms with Crippen molar-refractivity contribution in [1.29, 1.82) is 0 Å². The molecule has 1 aromatic heterocycles. The summed E-state index contributed by atoms with van der Waals surface area (Å²) in [6.07, 6.45) is 5.46. The van der Waals surface area contributed by atoms with E-state index in [1.54, 1.807) is 11.0 Å². The summed E-state index contributed by atoms with van der Waals surface area (Å²) < 4.78 is 26.7. The molecule has 3 rings (SSSR count). The van der Waals surface area contributed by atoms with Crippen LogP contribution in [0.5, 0.6) is 0 Å². The first-order valence-corrected chi connectivity index (χ1v) is 11.2. The van der Waals surface area contributed by atoms with Crippen LogP contribution in [-0.2, 0) is 14.8 Å². The number of hydrogen-bond donors (Lipinski definition) is 1. The lowest BCUT2D eigenvalue weighted by atomic mass is 10.2. The van der Waals surface area contributed by atoms with E-state index in [0.29, 0.717) is 13.1 Å². The van der Waals surface area contributed by atoms with Crippen molar-refractivity contribution in [2.75, 3.05) is 37.6 Å². The first-order valence-electron chi connectivity index (χ1n) is 9.66. The van der Waals surface area contributed by atoms with E-state index in [4.69, 9.17) is 0 Å². The lowest BCUT2D eigenvalue weighted by Gasteiger charge is -2.35. The van der Waals surface area contributed by atoms with E-state index in [9.17, 15) is 13.2 Å². The predicted molar refractivity (Wildman–Crippen MR) is 114 cm³/mol. The first kappa shape index (κ1) is 21.0. The highest BCUT2D eigenvalue weighted by Gasteiger charge is 2.21. The molecule has 1 amide bonds. The molecule has 7 nitrogen and oxygen atoms in total. The molecule has 2 heterocycles. The molecule has 1 aliphatic heterocycles. The number of aryl methyl sites for hydroxylation is 1. The number of nitrogens with one attached hydrogen (secondary N) is 2. The number of benzene rings is 1. The second-order valence-corrected chi connectivity index (χ2v) is 8.68. The fraction of sp³-hybridized carbons (Fsp3) is 0.333. The van der Waals surface area contributed by atoms with E-state index in [-0.39, 0.29) is 18.9 Å². The van der Waals surface area contributed by atoms with Crippen molar-refractivity contribution in [3.63, 3.8) is 0 Å². The average Bonchev–Trinajstić information content (AvgIpc) is 2.74. The molecule has 154 valence electrons. The van der Waals surface area contributed by atoms with Crippen molar-refractivity contribution < 1.29 is 18.2 Å². The standard InChI is InChI=1S/C21H26N4O3S/c1-18-2-4-19(5-3-18)9-17-29(27,28)23-12-8-21(26)25-15-13-24(14-16-25)20-6-10-22-11-7-20/h2-7,9-11,17,23H,8,12-16H2,1H3/p+1/b17-9+.